The largest absolute Gasteiger partial charge is 0.508 e. The molecule has 3 aromatic carbocycles. The molecule has 0 aromatic heterocycles. The van der Waals surface area contributed by atoms with Crippen molar-refractivity contribution in [3.8, 4) is 34.5 Å². The Morgan fingerprint density at radius 1 is 0.833 bits per heavy atom. The molecule has 0 spiro atoms. The molecule has 1 N–H and O–H groups in total. The van der Waals surface area contributed by atoms with E-state index in [1.165, 1.54) is 7.11 Å². The van der Waals surface area contributed by atoms with Crippen LogP contribution in [0.3, 0.4) is 0 Å². The fourth-order valence-electron chi connectivity index (χ4n) is 4.95. The van der Waals surface area contributed by atoms with Crippen molar-refractivity contribution in [3.05, 3.63) is 59.7 Å². The van der Waals surface area contributed by atoms with Gasteiger partial charge in [-0.1, -0.05) is 6.92 Å². The maximum absolute atomic E-state index is 13.4. The highest BCUT2D eigenvalue weighted by atomic mass is 32.2. The lowest BCUT2D eigenvalue weighted by atomic mass is 10.0. The Balaban J connectivity index is 1.59. The first-order chi connectivity index (χ1) is 20.2. The van der Waals surface area contributed by atoms with Crippen LogP contribution >= 0.6 is 11.8 Å². The highest BCUT2D eigenvalue weighted by Crippen LogP contribution is 2.48. The van der Waals surface area contributed by atoms with Gasteiger partial charge in [0.25, 0.3) is 0 Å². The number of phenols is 1. The highest BCUT2D eigenvalue weighted by molar-refractivity contribution is 7.99. The average molecular weight is 619 g/mol. The van der Waals surface area contributed by atoms with E-state index < -0.39 is 9.84 Å². The summed E-state index contributed by atoms with van der Waals surface area (Å²) in [6, 6.07) is 14.1. The van der Waals surface area contributed by atoms with Gasteiger partial charge in [-0.25, -0.2) is 8.42 Å². The van der Waals surface area contributed by atoms with Gasteiger partial charge in [0.05, 0.1) is 53.0 Å². The van der Waals surface area contributed by atoms with Crippen LogP contribution in [0.5, 0.6) is 34.5 Å². The summed E-state index contributed by atoms with van der Waals surface area (Å²) < 4.78 is 61.5. The molecule has 0 radical (unpaired) electrons. The van der Waals surface area contributed by atoms with Gasteiger partial charge in [-0.3, -0.25) is 0 Å². The predicted molar refractivity (Wildman–Crippen MR) is 162 cm³/mol. The predicted octanol–water partition coefficient (Wildman–Crippen LogP) is 6.37. The van der Waals surface area contributed by atoms with Gasteiger partial charge in [0.2, 0.25) is 5.75 Å². The molecule has 1 aliphatic rings. The third kappa shape index (κ3) is 7.19. The summed E-state index contributed by atoms with van der Waals surface area (Å²) in [7, 11) is 2.54. The number of hydrogen-bond acceptors (Lipinski definition) is 10. The Morgan fingerprint density at radius 3 is 1.90 bits per heavy atom. The van der Waals surface area contributed by atoms with Crippen LogP contribution in [-0.2, 0) is 14.6 Å². The van der Waals surface area contributed by atoms with Crippen LogP contribution in [0.1, 0.15) is 49.5 Å². The van der Waals surface area contributed by atoms with Crippen LogP contribution in [0.25, 0.3) is 0 Å². The maximum Gasteiger partial charge on any atom is 0.203 e. The summed E-state index contributed by atoms with van der Waals surface area (Å²) in [4.78, 5) is 1.07. The van der Waals surface area contributed by atoms with Crippen molar-refractivity contribution in [1.29, 1.82) is 0 Å². The number of ether oxygens (including phenoxy) is 6. The maximum atomic E-state index is 13.4. The lowest BCUT2D eigenvalue weighted by Crippen LogP contribution is -2.12. The monoisotopic (exact) mass is 618 g/mol. The molecule has 4 rings (SSSR count). The van der Waals surface area contributed by atoms with Crippen molar-refractivity contribution >= 4 is 21.6 Å². The number of thioether (sulfide) groups is 1. The second kappa shape index (κ2) is 14.3. The molecule has 1 heterocycles. The Labute approximate surface area is 252 Å². The molecule has 42 heavy (non-hydrogen) atoms. The molecule has 2 atom stereocenters. The first kappa shape index (κ1) is 31.7. The molecule has 228 valence electrons. The lowest BCUT2D eigenvalue weighted by molar-refractivity contribution is 0.0435. The van der Waals surface area contributed by atoms with E-state index in [4.69, 9.17) is 28.4 Å². The van der Waals surface area contributed by atoms with Gasteiger partial charge in [-0.2, -0.15) is 0 Å². The first-order valence-corrected chi connectivity index (χ1v) is 16.3. The fourth-order valence-corrected chi connectivity index (χ4v) is 7.19. The fraction of sp³-hybridized carbons (Fsp3) is 0.419. The van der Waals surface area contributed by atoms with Crippen LogP contribution in [0.2, 0.25) is 0 Å². The molecule has 1 saturated heterocycles. The number of methoxy groups -OCH3 is 4. The van der Waals surface area contributed by atoms with E-state index >= 15 is 0 Å². The van der Waals surface area contributed by atoms with E-state index in [-0.39, 0.29) is 41.0 Å². The van der Waals surface area contributed by atoms with Gasteiger partial charge in [-0.05, 0) is 78.9 Å². The minimum atomic E-state index is -3.65. The number of rotatable bonds is 14. The van der Waals surface area contributed by atoms with Crippen molar-refractivity contribution in [1.82, 2.24) is 0 Å². The Bertz CT molecular complexity index is 1430. The third-order valence-corrected chi connectivity index (χ3v) is 9.85. The van der Waals surface area contributed by atoms with E-state index in [0.29, 0.717) is 47.2 Å². The van der Waals surface area contributed by atoms with E-state index in [1.54, 1.807) is 57.4 Å². The Kier molecular flexibility index (Phi) is 10.7. The van der Waals surface area contributed by atoms with Gasteiger partial charge >= 0.3 is 0 Å². The van der Waals surface area contributed by atoms with Gasteiger partial charge in [0.15, 0.2) is 32.8 Å². The molecule has 0 bridgehead atoms. The molecule has 9 nitrogen and oxygen atoms in total. The van der Waals surface area contributed by atoms with Crippen LogP contribution in [0.15, 0.2) is 58.3 Å². The molecule has 1 aliphatic heterocycles. The van der Waals surface area contributed by atoms with Crippen LogP contribution in [0, 0.1) is 0 Å². The van der Waals surface area contributed by atoms with Gasteiger partial charge in [0, 0.05) is 10.6 Å². The summed E-state index contributed by atoms with van der Waals surface area (Å²) in [5.41, 5.74) is 1.59. The van der Waals surface area contributed by atoms with E-state index in [9.17, 15) is 13.5 Å². The van der Waals surface area contributed by atoms with Crippen LogP contribution < -0.4 is 23.7 Å². The molecular weight excluding hydrogens is 580 g/mol. The molecule has 0 amide bonds. The molecule has 0 saturated carbocycles. The van der Waals surface area contributed by atoms with E-state index in [1.807, 2.05) is 31.2 Å². The van der Waals surface area contributed by atoms with Crippen molar-refractivity contribution < 1.29 is 41.9 Å². The number of sulfone groups is 1. The van der Waals surface area contributed by atoms with Crippen LogP contribution in [-0.4, -0.2) is 60.1 Å². The van der Waals surface area contributed by atoms with Crippen molar-refractivity contribution in [2.45, 2.75) is 48.2 Å². The third-order valence-electron chi connectivity index (χ3n) is 6.96. The van der Waals surface area contributed by atoms with Crippen molar-refractivity contribution in [2.75, 3.05) is 46.6 Å². The summed E-state index contributed by atoms with van der Waals surface area (Å²) in [6.45, 7) is 2.09. The number of phenolic OH excluding ortho intramolecular Hbond substituents is 1. The minimum Gasteiger partial charge on any atom is -0.508 e. The smallest absolute Gasteiger partial charge is 0.203 e. The zero-order chi connectivity index (χ0) is 30.3. The zero-order valence-electron chi connectivity index (χ0n) is 24.5. The van der Waals surface area contributed by atoms with Crippen molar-refractivity contribution in [2.24, 2.45) is 0 Å². The summed E-state index contributed by atoms with van der Waals surface area (Å²) >= 11 is 1.54. The number of aromatic hydroxyl groups is 1. The summed E-state index contributed by atoms with van der Waals surface area (Å²) in [5.74, 6) is 2.90. The zero-order valence-corrected chi connectivity index (χ0v) is 26.2. The molecule has 1 unspecified atom stereocenters. The molecule has 1 fully saturated rings. The second-order valence-electron chi connectivity index (χ2n) is 9.71. The molecule has 11 heteroatoms. The summed E-state index contributed by atoms with van der Waals surface area (Å²) in [6.07, 6.45) is 1.26. The minimum absolute atomic E-state index is 0.0161. The standard InChI is InChI=1S/C31H38O9S2/c1-6-15-42(33,34)29-19-21(18-28(37-4)31(29)39-13-14-41-23-9-7-22(32)8-10-23)25-12-11-24(40-25)20-16-26(35-2)30(38-5)27(17-20)36-3/h7-10,16-19,24-25,32H,6,11-15H2,1-5H3/t24-,25?/m0/s1. The van der Waals surface area contributed by atoms with Crippen molar-refractivity contribution in [3.63, 3.8) is 0 Å². The van der Waals surface area contributed by atoms with Gasteiger partial charge < -0.3 is 33.5 Å². The quantitative estimate of drug-likeness (QED) is 0.162. The number of hydrogen-bond donors (Lipinski definition) is 1. The molecule has 3 aromatic rings. The molecule has 0 aliphatic carbocycles. The highest BCUT2D eigenvalue weighted by Gasteiger charge is 2.32. The SMILES string of the molecule is CCCS(=O)(=O)c1cc(C2CC[C@@H](c3cc(OC)c(OC)c(OC)c3)O2)cc(OC)c1OCCSc1ccc(O)cc1. The Hall–Kier alpha value is -3.28. The topological polar surface area (TPSA) is 110 Å². The van der Waals surface area contributed by atoms with E-state index in [0.717, 1.165) is 16.9 Å². The number of benzene rings is 3. The van der Waals surface area contributed by atoms with Gasteiger partial charge in [-0.15, -0.1) is 11.8 Å². The normalized spacial score (nSPS) is 16.7. The Morgan fingerprint density at radius 2 is 1.38 bits per heavy atom. The average Bonchev–Trinajstić information content (AvgIpc) is 3.49. The second-order valence-corrected chi connectivity index (χ2v) is 13.0. The van der Waals surface area contributed by atoms with Gasteiger partial charge in [0.1, 0.15) is 10.6 Å². The lowest BCUT2D eigenvalue weighted by Gasteiger charge is -2.21. The summed E-state index contributed by atoms with van der Waals surface area (Å²) in [5, 5.41) is 9.49. The first-order valence-electron chi connectivity index (χ1n) is 13.7. The van der Waals surface area contributed by atoms with Crippen LogP contribution in [0.4, 0.5) is 0 Å². The molecular formula is C31H38O9S2. The van der Waals surface area contributed by atoms with E-state index in [2.05, 4.69) is 0 Å².